The Balaban J connectivity index is 2.19. The highest BCUT2D eigenvalue weighted by molar-refractivity contribution is 7.98. The van der Waals surface area contributed by atoms with E-state index >= 15 is 0 Å². The van der Waals surface area contributed by atoms with Gasteiger partial charge < -0.3 is 10.1 Å². The van der Waals surface area contributed by atoms with E-state index in [0.717, 1.165) is 5.69 Å². The summed E-state index contributed by atoms with van der Waals surface area (Å²) < 4.78 is 5.18. The number of carbonyl (C=O) groups is 1. The van der Waals surface area contributed by atoms with Crippen molar-refractivity contribution in [1.29, 1.82) is 0 Å². The second-order valence-corrected chi connectivity index (χ2v) is 5.09. The Bertz CT molecular complexity index is 592. The van der Waals surface area contributed by atoms with Crippen LogP contribution in [0.25, 0.3) is 0 Å². The normalized spacial score (nSPS) is 11.9. The number of methoxy groups -OCH3 is 1. The summed E-state index contributed by atoms with van der Waals surface area (Å²) in [5.74, 6) is -0.180. The Morgan fingerprint density at radius 1 is 1.29 bits per heavy atom. The molecule has 2 rings (SSSR count). The molecule has 110 valence electrons. The third-order valence-electron chi connectivity index (χ3n) is 2.89. The van der Waals surface area contributed by atoms with Gasteiger partial charge in [0.05, 0.1) is 23.9 Å². The molecular formula is C15H17N3O2S. The zero-order valence-electron chi connectivity index (χ0n) is 11.9. The predicted octanol–water partition coefficient (Wildman–Crippen LogP) is 2.32. The average Bonchev–Trinajstić information content (AvgIpc) is 2.55. The van der Waals surface area contributed by atoms with Crippen LogP contribution >= 0.6 is 11.8 Å². The molecule has 0 unspecified atom stereocenters. The van der Waals surface area contributed by atoms with Crippen molar-refractivity contribution in [2.24, 2.45) is 0 Å². The van der Waals surface area contributed by atoms with Crippen molar-refractivity contribution in [2.45, 2.75) is 11.1 Å². The van der Waals surface area contributed by atoms with E-state index in [1.165, 1.54) is 11.8 Å². The lowest BCUT2D eigenvalue weighted by molar-refractivity contribution is 0.0890. The summed E-state index contributed by atoms with van der Waals surface area (Å²) in [5, 5.41) is 3.65. The highest BCUT2D eigenvalue weighted by Crippen LogP contribution is 2.18. The summed E-state index contributed by atoms with van der Waals surface area (Å²) in [6.45, 7) is 0.359. The van der Waals surface area contributed by atoms with Crippen LogP contribution in [-0.2, 0) is 4.74 Å². The highest BCUT2D eigenvalue weighted by atomic mass is 32.2. The van der Waals surface area contributed by atoms with Crippen LogP contribution in [0, 0.1) is 0 Å². The molecule has 0 radical (unpaired) electrons. The first-order valence-corrected chi connectivity index (χ1v) is 7.68. The summed E-state index contributed by atoms with van der Waals surface area (Å²) in [6.07, 6.45) is 5.26. The molecule has 0 bridgehead atoms. The summed E-state index contributed by atoms with van der Waals surface area (Å²) in [7, 11) is 1.60. The zero-order valence-corrected chi connectivity index (χ0v) is 12.8. The number of thioether (sulfide) groups is 1. The van der Waals surface area contributed by atoms with E-state index in [4.69, 9.17) is 4.74 Å². The standard InChI is InChI=1S/C15H17N3O2S/c1-20-10-13(12-7-3-4-8-16-12)18-14(19)11-6-5-9-17-15(11)21-2/h3-9,13H,10H2,1-2H3,(H,18,19)/t13-/m0/s1. The van der Waals surface area contributed by atoms with Crippen molar-refractivity contribution in [2.75, 3.05) is 20.0 Å². The van der Waals surface area contributed by atoms with Gasteiger partial charge in [-0.25, -0.2) is 4.98 Å². The molecule has 1 amide bonds. The lowest BCUT2D eigenvalue weighted by Crippen LogP contribution is -2.32. The summed E-state index contributed by atoms with van der Waals surface area (Å²) >= 11 is 1.44. The fraction of sp³-hybridized carbons (Fsp3) is 0.267. The predicted molar refractivity (Wildman–Crippen MR) is 82.3 cm³/mol. The van der Waals surface area contributed by atoms with Crippen molar-refractivity contribution >= 4 is 17.7 Å². The molecule has 0 saturated carbocycles. The van der Waals surface area contributed by atoms with E-state index in [1.54, 1.807) is 31.6 Å². The lowest BCUT2D eigenvalue weighted by Gasteiger charge is -2.18. The molecule has 1 atom stereocenters. The smallest absolute Gasteiger partial charge is 0.254 e. The summed E-state index contributed by atoms with van der Waals surface area (Å²) in [5.41, 5.74) is 1.32. The Kier molecular flexibility index (Phi) is 5.71. The van der Waals surface area contributed by atoms with E-state index in [0.29, 0.717) is 17.2 Å². The first kappa shape index (κ1) is 15.5. The Hall–Kier alpha value is -1.92. The van der Waals surface area contributed by atoms with Gasteiger partial charge >= 0.3 is 0 Å². The molecular weight excluding hydrogens is 286 g/mol. The second-order valence-electron chi connectivity index (χ2n) is 4.30. The first-order valence-electron chi connectivity index (χ1n) is 6.46. The minimum Gasteiger partial charge on any atom is -0.382 e. The number of hydrogen-bond donors (Lipinski definition) is 1. The molecule has 21 heavy (non-hydrogen) atoms. The van der Waals surface area contributed by atoms with Crippen LogP contribution in [0.3, 0.4) is 0 Å². The van der Waals surface area contributed by atoms with Crippen molar-refractivity contribution in [3.63, 3.8) is 0 Å². The first-order chi connectivity index (χ1) is 10.3. The highest BCUT2D eigenvalue weighted by Gasteiger charge is 2.18. The van der Waals surface area contributed by atoms with E-state index in [9.17, 15) is 4.79 Å². The molecule has 0 aliphatic carbocycles. The third kappa shape index (κ3) is 4.03. The second kappa shape index (κ2) is 7.75. The topological polar surface area (TPSA) is 64.1 Å². The van der Waals surface area contributed by atoms with Crippen molar-refractivity contribution in [1.82, 2.24) is 15.3 Å². The fourth-order valence-corrected chi connectivity index (χ4v) is 2.46. The average molecular weight is 303 g/mol. The van der Waals surface area contributed by atoms with Crippen molar-refractivity contribution < 1.29 is 9.53 Å². The number of pyridine rings is 2. The van der Waals surface area contributed by atoms with Crippen LogP contribution in [0.5, 0.6) is 0 Å². The number of nitrogens with zero attached hydrogens (tertiary/aromatic N) is 2. The maximum Gasteiger partial charge on any atom is 0.254 e. The van der Waals surface area contributed by atoms with Crippen LogP contribution in [0.15, 0.2) is 47.8 Å². The Morgan fingerprint density at radius 2 is 2.10 bits per heavy atom. The summed E-state index contributed by atoms with van der Waals surface area (Å²) in [6, 6.07) is 8.80. The van der Waals surface area contributed by atoms with Crippen LogP contribution in [0.2, 0.25) is 0 Å². The molecule has 0 spiro atoms. The molecule has 5 nitrogen and oxygen atoms in total. The van der Waals surface area contributed by atoms with Gasteiger partial charge in [-0.15, -0.1) is 11.8 Å². The number of rotatable bonds is 6. The van der Waals surface area contributed by atoms with E-state index in [2.05, 4.69) is 15.3 Å². The number of amides is 1. The van der Waals surface area contributed by atoms with E-state index < -0.39 is 0 Å². The lowest BCUT2D eigenvalue weighted by atomic mass is 10.1. The Labute approximate surface area is 128 Å². The number of carbonyl (C=O) groups excluding carboxylic acids is 1. The van der Waals surface area contributed by atoms with Gasteiger partial charge in [-0.3, -0.25) is 9.78 Å². The minimum absolute atomic E-state index is 0.180. The number of hydrogen-bond acceptors (Lipinski definition) is 5. The van der Waals surface area contributed by atoms with Gasteiger partial charge in [0.25, 0.3) is 5.91 Å². The van der Waals surface area contributed by atoms with Crippen molar-refractivity contribution in [3.05, 3.63) is 54.0 Å². The molecule has 0 saturated heterocycles. The summed E-state index contributed by atoms with van der Waals surface area (Å²) in [4.78, 5) is 20.9. The molecule has 0 aromatic carbocycles. The van der Waals surface area contributed by atoms with Gasteiger partial charge in [-0.1, -0.05) is 6.07 Å². The van der Waals surface area contributed by atoms with Gasteiger partial charge in [0, 0.05) is 19.5 Å². The molecule has 6 heteroatoms. The van der Waals surface area contributed by atoms with E-state index in [1.807, 2.05) is 24.5 Å². The molecule has 0 aliphatic rings. The van der Waals surface area contributed by atoms with Gasteiger partial charge in [0.2, 0.25) is 0 Å². The number of nitrogens with one attached hydrogen (secondary N) is 1. The van der Waals surface area contributed by atoms with Gasteiger partial charge in [0.1, 0.15) is 5.03 Å². The maximum absolute atomic E-state index is 12.4. The quantitative estimate of drug-likeness (QED) is 0.830. The molecule has 2 aromatic heterocycles. The third-order valence-corrected chi connectivity index (χ3v) is 3.60. The monoisotopic (exact) mass is 303 g/mol. The maximum atomic E-state index is 12.4. The fourth-order valence-electron chi connectivity index (χ4n) is 1.91. The minimum atomic E-state index is -0.293. The van der Waals surface area contributed by atoms with Crippen molar-refractivity contribution in [3.8, 4) is 0 Å². The van der Waals surface area contributed by atoms with Gasteiger partial charge in [-0.05, 0) is 30.5 Å². The molecule has 1 N–H and O–H groups in total. The zero-order chi connectivity index (χ0) is 15.1. The molecule has 0 fully saturated rings. The molecule has 2 aromatic rings. The van der Waals surface area contributed by atoms with Crippen LogP contribution < -0.4 is 5.32 Å². The number of aromatic nitrogens is 2. The van der Waals surface area contributed by atoms with Crippen LogP contribution in [-0.4, -0.2) is 35.8 Å². The van der Waals surface area contributed by atoms with Gasteiger partial charge in [-0.2, -0.15) is 0 Å². The van der Waals surface area contributed by atoms with E-state index in [-0.39, 0.29) is 11.9 Å². The van der Waals surface area contributed by atoms with Crippen LogP contribution in [0.1, 0.15) is 22.1 Å². The van der Waals surface area contributed by atoms with Crippen LogP contribution in [0.4, 0.5) is 0 Å². The molecule has 0 aliphatic heterocycles. The Morgan fingerprint density at radius 3 is 2.76 bits per heavy atom. The molecule has 2 heterocycles. The SMILES string of the molecule is COC[C@H](NC(=O)c1cccnc1SC)c1ccccn1. The largest absolute Gasteiger partial charge is 0.382 e. The van der Waals surface area contributed by atoms with Gasteiger partial charge in [0.15, 0.2) is 0 Å². The number of ether oxygens (including phenoxy) is 1.